The molecule has 1 aliphatic carbocycles. The molecule has 1 fully saturated rings. The third-order valence-corrected chi connectivity index (χ3v) is 3.78. The number of carbonyl (C=O) groups excluding carboxylic acids is 2. The molecule has 7 heteroatoms. The number of amides is 2. The number of urea groups is 1. The largest absolute Gasteiger partial charge is 0.330 e. The van der Waals surface area contributed by atoms with E-state index in [1.807, 2.05) is 6.08 Å². The van der Waals surface area contributed by atoms with E-state index in [1.54, 1.807) is 12.1 Å². The second kappa shape index (κ2) is 5.01. The minimum atomic E-state index is -0.487. The predicted molar refractivity (Wildman–Crippen MR) is 73.3 cm³/mol. The summed E-state index contributed by atoms with van der Waals surface area (Å²) in [6.45, 7) is 0. The standard InChI is InChI=1S/C14H13N3O4/c18-11-3-1-2-10-12(11)13(16-14(19)15-10)8-4-6-9(7-5-8)17(20)21/h2,4-7,12-13H,1,3H2,(H2,15,16,19)/t12-,13-/m1/s1. The Kier molecular flexibility index (Phi) is 3.17. The lowest BCUT2D eigenvalue weighted by molar-refractivity contribution is -0.384. The van der Waals surface area contributed by atoms with Crippen molar-refractivity contribution in [3.63, 3.8) is 0 Å². The van der Waals surface area contributed by atoms with Crippen molar-refractivity contribution in [2.45, 2.75) is 18.9 Å². The molecule has 0 aromatic heterocycles. The van der Waals surface area contributed by atoms with Crippen LogP contribution < -0.4 is 10.6 Å². The Bertz CT molecular complexity index is 651. The number of nitrogens with one attached hydrogen (secondary N) is 2. The van der Waals surface area contributed by atoms with Crippen LogP contribution in [0.4, 0.5) is 10.5 Å². The van der Waals surface area contributed by atoms with Gasteiger partial charge in [0, 0.05) is 24.3 Å². The summed E-state index contributed by atoms with van der Waals surface area (Å²) in [6, 6.07) is 5.05. The minimum absolute atomic E-state index is 0.0234. The Labute approximate surface area is 120 Å². The maximum Gasteiger partial charge on any atom is 0.319 e. The van der Waals surface area contributed by atoms with Crippen molar-refractivity contribution in [2.24, 2.45) is 5.92 Å². The van der Waals surface area contributed by atoms with Crippen LogP contribution in [0.5, 0.6) is 0 Å². The quantitative estimate of drug-likeness (QED) is 0.639. The molecule has 0 unspecified atom stereocenters. The fourth-order valence-electron chi connectivity index (χ4n) is 2.79. The molecule has 0 bridgehead atoms. The molecule has 2 N–H and O–H groups in total. The highest BCUT2D eigenvalue weighted by Crippen LogP contribution is 2.35. The molecule has 2 amide bonds. The highest BCUT2D eigenvalue weighted by atomic mass is 16.6. The molecule has 1 aromatic carbocycles. The summed E-state index contributed by atoms with van der Waals surface area (Å²) >= 11 is 0. The number of hydrogen-bond donors (Lipinski definition) is 2. The van der Waals surface area contributed by atoms with E-state index in [0.29, 0.717) is 24.1 Å². The van der Waals surface area contributed by atoms with Gasteiger partial charge in [-0.2, -0.15) is 0 Å². The summed E-state index contributed by atoms with van der Waals surface area (Å²) in [5.41, 5.74) is 1.28. The SMILES string of the molecule is O=C1NC2=CCCC(=O)[C@@H]2[C@@H](c2ccc([N+](=O)[O-])cc2)N1. The number of nitro groups is 1. The highest BCUT2D eigenvalue weighted by Gasteiger charge is 2.39. The van der Waals surface area contributed by atoms with Gasteiger partial charge in [0.2, 0.25) is 0 Å². The summed E-state index contributed by atoms with van der Waals surface area (Å²) in [4.78, 5) is 34.1. The second-order valence-electron chi connectivity index (χ2n) is 5.07. The van der Waals surface area contributed by atoms with E-state index >= 15 is 0 Å². The van der Waals surface area contributed by atoms with Gasteiger partial charge < -0.3 is 10.6 Å². The predicted octanol–water partition coefficient (Wildman–Crippen LogP) is 1.81. The molecule has 1 aliphatic heterocycles. The molecule has 0 radical (unpaired) electrons. The molecule has 0 spiro atoms. The molecule has 3 rings (SSSR count). The number of hydrogen-bond acceptors (Lipinski definition) is 4. The van der Waals surface area contributed by atoms with Crippen LogP contribution >= 0.6 is 0 Å². The van der Waals surface area contributed by atoms with Crippen molar-refractivity contribution in [1.29, 1.82) is 0 Å². The first-order chi connectivity index (χ1) is 10.1. The van der Waals surface area contributed by atoms with Crippen molar-refractivity contribution < 1.29 is 14.5 Å². The first-order valence-electron chi connectivity index (χ1n) is 6.61. The molecular weight excluding hydrogens is 274 g/mol. The zero-order chi connectivity index (χ0) is 15.0. The summed E-state index contributed by atoms with van der Waals surface area (Å²) in [6.07, 6.45) is 2.93. The topological polar surface area (TPSA) is 101 Å². The number of benzene rings is 1. The van der Waals surface area contributed by atoms with Crippen LogP contribution in [0.1, 0.15) is 24.4 Å². The molecule has 7 nitrogen and oxygen atoms in total. The third-order valence-electron chi connectivity index (χ3n) is 3.78. The first-order valence-corrected chi connectivity index (χ1v) is 6.61. The van der Waals surface area contributed by atoms with Crippen LogP contribution in [0, 0.1) is 16.0 Å². The van der Waals surface area contributed by atoms with Crippen molar-refractivity contribution in [3.8, 4) is 0 Å². The molecule has 1 saturated heterocycles. The Morgan fingerprint density at radius 2 is 1.90 bits per heavy atom. The van der Waals surface area contributed by atoms with Crippen LogP contribution in [-0.2, 0) is 4.79 Å². The van der Waals surface area contributed by atoms with Crippen LogP contribution in [-0.4, -0.2) is 16.7 Å². The van der Waals surface area contributed by atoms with Crippen LogP contribution in [0.2, 0.25) is 0 Å². The lowest BCUT2D eigenvalue weighted by atomic mass is 9.80. The van der Waals surface area contributed by atoms with E-state index in [0.717, 1.165) is 0 Å². The van der Waals surface area contributed by atoms with Gasteiger partial charge in [-0.1, -0.05) is 18.2 Å². The van der Waals surface area contributed by atoms with Crippen molar-refractivity contribution in [3.05, 3.63) is 51.7 Å². The normalized spacial score (nSPS) is 24.5. The number of allylic oxidation sites excluding steroid dienone is 1. The van der Waals surface area contributed by atoms with E-state index in [2.05, 4.69) is 10.6 Å². The first kappa shape index (κ1) is 13.3. The summed E-state index contributed by atoms with van der Waals surface area (Å²) < 4.78 is 0. The van der Waals surface area contributed by atoms with E-state index in [4.69, 9.17) is 0 Å². The van der Waals surface area contributed by atoms with Gasteiger partial charge >= 0.3 is 6.03 Å². The molecule has 2 atom stereocenters. The van der Waals surface area contributed by atoms with Gasteiger partial charge in [0.15, 0.2) is 0 Å². The molecular formula is C14H13N3O4. The van der Waals surface area contributed by atoms with Gasteiger partial charge in [-0.05, 0) is 12.0 Å². The Hall–Kier alpha value is -2.70. The zero-order valence-corrected chi connectivity index (χ0v) is 11.0. The van der Waals surface area contributed by atoms with E-state index in [1.165, 1.54) is 12.1 Å². The van der Waals surface area contributed by atoms with E-state index < -0.39 is 16.9 Å². The monoisotopic (exact) mass is 287 g/mol. The van der Waals surface area contributed by atoms with Crippen molar-refractivity contribution in [1.82, 2.24) is 10.6 Å². The van der Waals surface area contributed by atoms with Crippen molar-refractivity contribution >= 4 is 17.5 Å². The Balaban J connectivity index is 1.96. The minimum Gasteiger partial charge on any atom is -0.330 e. The molecule has 0 saturated carbocycles. The Morgan fingerprint density at radius 1 is 1.19 bits per heavy atom. The zero-order valence-electron chi connectivity index (χ0n) is 11.0. The van der Waals surface area contributed by atoms with Crippen LogP contribution in [0.3, 0.4) is 0 Å². The lowest BCUT2D eigenvalue weighted by Crippen LogP contribution is -2.51. The van der Waals surface area contributed by atoms with Gasteiger partial charge in [0.25, 0.3) is 5.69 Å². The van der Waals surface area contributed by atoms with Crippen LogP contribution in [0.15, 0.2) is 36.0 Å². The maximum absolute atomic E-state index is 12.2. The van der Waals surface area contributed by atoms with E-state index in [-0.39, 0.29) is 17.5 Å². The smallest absolute Gasteiger partial charge is 0.319 e. The average molecular weight is 287 g/mol. The number of rotatable bonds is 2. The molecule has 108 valence electrons. The molecule has 1 heterocycles. The molecule has 1 aromatic rings. The fraction of sp³-hybridized carbons (Fsp3) is 0.286. The fourth-order valence-corrected chi connectivity index (χ4v) is 2.79. The lowest BCUT2D eigenvalue weighted by Gasteiger charge is -2.36. The van der Waals surface area contributed by atoms with Crippen LogP contribution in [0.25, 0.3) is 0 Å². The Morgan fingerprint density at radius 3 is 2.57 bits per heavy atom. The number of nitrogens with zero attached hydrogens (tertiary/aromatic N) is 1. The third kappa shape index (κ3) is 2.37. The maximum atomic E-state index is 12.2. The number of ketones is 1. The van der Waals surface area contributed by atoms with Gasteiger partial charge in [-0.25, -0.2) is 4.79 Å². The summed E-state index contributed by atoms with van der Waals surface area (Å²) in [5, 5.41) is 16.1. The molecule has 21 heavy (non-hydrogen) atoms. The average Bonchev–Trinajstić information content (AvgIpc) is 2.46. The number of carbonyl (C=O) groups is 2. The van der Waals surface area contributed by atoms with Gasteiger partial charge in [-0.15, -0.1) is 0 Å². The summed E-state index contributed by atoms with van der Waals surface area (Å²) in [5.74, 6) is -0.388. The molecule has 2 aliphatic rings. The number of Topliss-reactive ketones (excluding diaryl/α,β-unsaturated/α-hetero) is 1. The van der Waals surface area contributed by atoms with E-state index in [9.17, 15) is 19.7 Å². The van der Waals surface area contributed by atoms with Gasteiger partial charge in [0.1, 0.15) is 5.78 Å². The highest BCUT2D eigenvalue weighted by molar-refractivity contribution is 5.90. The van der Waals surface area contributed by atoms with Crippen molar-refractivity contribution in [2.75, 3.05) is 0 Å². The number of fused-ring (bicyclic) bond motifs is 1. The number of non-ortho nitro benzene ring substituents is 1. The summed E-state index contributed by atoms with van der Waals surface area (Å²) in [7, 11) is 0. The second-order valence-corrected chi connectivity index (χ2v) is 5.07. The number of nitro benzene ring substituents is 1. The van der Waals surface area contributed by atoms with Gasteiger partial charge in [-0.3, -0.25) is 14.9 Å². The van der Waals surface area contributed by atoms with Gasteiger partial charge in [0.05, 0.1) is 16.9 Å².